The van der Waals surface area contributed by atoms with Gasteiger partial charge < -0.3 is 5.73 Å². The second-order valence-corrected chi connectivity index (χ2v) is 4.18. The molecule has 0 spiro atoms. The Hall–Kier alpha value is -1.73. The number of carbonyl (C=O) groups excluding carboxylic acids is 2. The molecule has 3 nitrogen and oxygen atoms in total. The van der Waals surface area contributed by atoms with E-state index in [1.165, 1.54) is 6.92 Å². The van der Waals surface area contributed by atoms with E-state index in [2.05, 4.69) is 11.8 Å². The van der Waals surface area contributed by atoms with Crippen LogP contribution in [0.4, 0.5) is 0 Å². The largest absolute Gasteiger partial charge is 0.366 e. The molecule has 16 heavy (non-hydrogen) atoms. The van der Waals surface area contributed by atoms with Crippen LogP contribution in [0.1, 0.15) is 22.8 Å². The van der Waals surface area contributed by atoms with Gasteiger partial charge in [-0.3, -0.25) is 9.59 Å². The number of primary amides is 1. The van der Waals surface area contributed by atoms with Crippen LogP contribution < -0.4 is 5.73 Å². The minimum atomic E-state index is -0.471. The van der Waals surface area contributed by atoms with E-state index in [9.17, 15) is 9.59 Å². The lowest BCUT2D eigenvalue weighted by atomic mass is 10.1. The monoisotopic (exact) mass is 233 g/mol. The van der Waals surface area contributed by atoms with Crippen molar-refractivity contribution in [2.75, 3.05) is 5.75 Å². The Kier molecular flexibility index (Phi) is 4.62. The van der Waals surface area contributed by atoms with Crippen molar-refractivity contribution >= 4 is 22.8 Å². The fourth-order valence-electron chi connectivity index (χ4n) is 1.03. The summed E-state index contributed by atoms with van der Waals surface area (Å²) in [6.45, 7) is 1.50. The molecule has 0 saturated heterocycles. The summed E-state index contributed by atoms with van der Waals surface area (Å²) in [5.74, 6) is 5.69. The molecule has 1 amide bonds. The molecule has 4 heteroatoms. The Morgan fingerprint density at radius 2 is 2.19 bits per heavy atom. The van der Waals surface area contributed by atoms with Gasteiger partial charge in [0, 0.05) is 18.1 Å². The summed E-state index contributed by atoms with van der Waals surface area (Å²) in [6.07, 6.45) is 0. The Morgan fingerprint density at radius 1 is 1.44 bits per heavy atom. The summed E-state index contributed by atoms with van der Waals surface area (Å²) in [5.41, 5.74) is 6.30. The van der Waals surface area contributed by atoms with Crippen LogP contribution in [0.25, 0.3) is 0 Å². The molecule has 0 saturated carbocycles. The van der Waals surface area contributed by atoms with Crippen molar-refractivity contribution in [2.24, 2.45) is 5.73 Å². The highest BCUT2D eigenvalue weighted by Crippen LogP contribution is 2.04. The Bertz CT molecular complexity index is 471. The Morgan fingerprint density at radius 3 is 2.81 bits per heavy atom. The average Bonchev–Trinajstić information content (AvgIpc) is 2.24. The van der Waals surface area contributed by atoms with Crippen LogP contribution >= 0.6 is 11.8 Å². The van der Waals surface area contributed by atoms with Crippen molar-refractivity contribution in [1.29, 1.82) is 0 Å². The van der Waals surface area contributed by atoms with Crippen LogP contribution in [0.2, 0.25) is 0 Å². The summed E-state index contributed by atoms with van der Waals surface area (Å²) in [4.78, 5) is 21.5. The van der Waals surface area contributed by atoms with Gasteiger partial charge in [0.1, 0.15) is 0 Å². The van der Waals surface area contributed by atoms with Crippen LogP contribution in [-0.4, -0.2) is 16.8 Å². The molecule has 0 atom stereocenters. The molecule has 0 aliphatic carbocycles. The first-order valence-electron chi connectivity index (χ1n) is 4.61. The first-order valence-corrected chi connectivity index (χ1v) is 5.60. The second-order valence-electron chi connectivity index (χ2n) is 3.03. The number of thioether (sulfide) groups is 1. The number of carbonyl (C=O) groups is 2. The highest BCUT2D eigenvalue weighted by Gasteiger charge is 1.98. The van der Waals surface area contributed by atoms with Gasteiger partial charge in [0.2, 0.25) is 5.91 Å². The van der Waals surface area contributed by atoms with E-state index in [0.717, 1.165) is 17.3 Å². The van der Waals surface area contributed by atoms with Gasteiger partial charge in [-0.15, -0.1) is 0 Å². The van der Waals surface area contributed by atoms with Crippen molar-refractivity contribution in [3.05, 3.63) is 35.4 Å². The van der Waals surface area contributed by atoms with Crippen molar-refractivity contribution in [3.63, 3.8) is 0 Å². The van der Waals surface area contributed by atoms with Gasteiger partial charge in [0.15, 0.2) is 5.12 Å². The molecule has 0 radical (unpaired) electrons. The maximum Gasteiger partial charge on any atom is 0.248 e. The number of hydrogen-bond donors (Lipinski definition) is 1. The predicted octanol–water partition coefficient (Wildman–Crippen LogP) is 1.42. The van der Waals surface area contributed by atoms with E-state index >= 15 is 0 Å². The highest BCUT2D eigenvalue weighted by molar-refractivity contribution is 8.13. The SMILES string of the molecule is CC(=O)SCC#Cc1cccc(C(N)=O)c1. The normalized spacial score (nSPS) is 9.06. The number of benzene rings is 1. The lowest BCUT2D eigenvalue weighted by molar-refractivity contribution is -0.109. The number of hydrogen-bond acceptors (Lipinski definition) is 3. The molecular weight excluding hydrogens is 222 g/mol. The van der Waals surface area contributed by atoms with Gasteiger partial charge in [0.25, 0.3) is 0 Å². The van der Waals surface area contributed by atoms with Crippen LogP contribution in [0.15, 0.2) is 24.3 Å². The van der Waals surface area contributed by atoms with Gasteiger partial charge in [-0.05, 0) is 18.2 Å². The van der Waals surface area contributed by atoms with E-state index in [1.54, 1.807) is 24.3 Å². The van der Waals surface area contributed by atoms with E-state index in [0.29, 0.717) is 11.3 Å². The third-order valence-corrected chi connectivity index (χ3v) is 2.42. The molecule has 0 fully saturated rings. The maximum absolute atomic E-state index is 10.9. The summed E-state index contributed by atoms with van der Waals surface area (Å²) in [7, 11) is 0. The van der Waals surface area contributed by atoms with Crippen LogP contribution in [0.3, 0.4) is 0 Å². The van der Waals surface area contributed by atoms with Gasteiger partial charge in [-0.2, -0.15) is 0 Å². The minimum Gasteiger partial charge on any atom is -0.366 e. The zero-order chi connectivity index (χ0) is 12.0. The fourth-order valence-corrected chi connectivity index (χ4v) is 1.37. The molecule has 0 aliphatic rings. The smallest absolute Gasteiger partial charge is 0.248 e. The number of nitrogens with two attached hydrogens (primary N) is 1. The third kappa shape index (κ3) is 4.20. The van der Waals surface area contributed by atoms with Crippen molar-refractivity contribution in [1.82, 2.24) is 0 Å². The van der Waals surface area contributed by atoms with Crippen molar-refractivity contribution in [2.45, 2.75) is 6.92 Å². The van der Waals surface area contributed by atoms with Gasteiger partial charge in [-0.25, -0.2) is 0 Å². The summed E-state index contributed by atoms with van der Waals surface area (Å²) >= 11 is 1.16. The van der Waals surface area contributed by atoms with Crippen LogP contribution in [-0.2, 0) is 4.79 Å². The fraction of sp³-hybridized carbons (Fsp3) is 0.167. The van der Waals surface area contributed by atoms with E-state index in [4.69, 9.17) is 5.73 Å². The summed E-state index contributed by atoms with van der Waals surface area (Å²) < 4.78 is 0. The molecule has 1 aromatic rings. The van der Waals surface area contributed by atoms with Crippen molar-refractivity contribution < 1.29 is 9.59 Å². The van der Waals surface area contributed by atoms with E-state index in [1.807, 2.05) is 0 Å². The van der Waals surface area contributed by atoms with Crippen molar-refractivity contribution in [3.8, 4) is 11.8 Å². The first kappa shape index (κ1) is 12.3. The molecule has 2 N–H and O–H groups in total. The topological polar surface area (TPSA) is 60.2 Å². The van der Waals surface area contributed by atoms with Crippen LogP contribution in [0, 0.1) is 11.8 Å². The lowest BCUT2D eigenvalue weighted by Gasteiger charge is -1.95. The summed E-state index contributed by atoms with van der Waals surface area (Å²) in [5, 5.41) is 0.0418. The van der Waals surface area contributed by atoms with E-state index < -0.39 is 5.91 Å². The van der Waals surface area contributed by atoms with Gasteiger partial charge >= 0.3 is 0 Å². The lowest BCUT2D eigenvalue weighted by Crippen LogP contribution is -2.10. The molecule has 1 rings (SSSR count). The molecule has 0 aromatic heterocycles. The number of rotatable bonds is 2. The highest BCUT2D eigenvalue weighted by atomic mass is 32.2. The number of amides is 1. The molecule has 1 aromatic carbocycles. The molecule has 0 unspecified atom stereocenters. The van der Waals surface area contributed by atoms with E-state index in [-0.39, 0.29) is 5.12 Å². The molecule has 0 heterocycles. The molecule has 82 valence electrons. The predicted molar refractivity (Wildman–Crippen MR) is 65.0 cm³/mol. The zero-order valence-electron chi connectivity index (χ0n) is 8.82. The van der Waals surface area contributed by atoms with Crippen LogP contribution in [0.5, 0.6) is 0 Å². The first-order chi connectivity index (χ1) is 7.59. The second kappa shape index (κ2) is 5.99. The van der Waals surface area contributed by atoms with Gasteiger partial charge in [-0.1, -0.05) is 29.7 Å². The zero-order valence-corrected chi connectivity index (χ0v) is 9.64. The van der Waals surface area contributed by atoms with Gasteiger partial charge in [0.05, 0.1) is 5.75 Å². The molecular formula is C12H11NO2S. The Labute approximate surface area is 98.4 Å². The average molecular weight is 233 g/mol. The third-order valence-electron chi connectivity index (χ3n) is 1.73. The quantitative estimate of drug-likeness (QED) is 0.786. The summed E-state index contributed by atoms with van der Waals surface area (Å²) in [6, 6.07) is 6.78. The maximum atomic E-state index is 10.9. The molecule has 0 bridgehead atoms. The Balaban J connectivity index is 2.70. The minimum absolute atomic E-state index is 0.0418. The molecule has 0 aliphatic heterocycles. The standard InChI is InChI=1S/C12H11NO2S/c1-9(14)16-7-3-5-10-4-2-6-11(8-10)12(13)15/h2,4,6,8H,7H2,1H3,(H2,13,15).